The topological polar surface area (TPSA) is 60.5 Å². The summed E-state index contributed by atoms with van der Waals surface area (Å²) in [5, 5.41) is 4.60. The van der Waals surface area contributed by atoms with Gasteiger partial charge in [-0.05, 0) is 49.4 Å². The highest BCUT2D eigenvalue weighted by Crippen LogP contribution is 2.26. The number of ether oxygens (including phenoxy) is 2. The van der Waals surface area contributed by atoms with Crippen molar-refractivity contribution >= 4 is 22.4 Å². The summed E-state index contributed by atoms with van der Waals surface area (Å²) in [6.07, 6.45) is 0. The monoisotopic (exact) mass is 390 g/mol. The summed E-state index contributed by atoms with van der Waals surface area (Å²) in [7, 11) is 0. The molecule has 0 unspecified atom stereocenters. The van der Waals surface area contributed by atoms with Crippen LogP contribution in [0.3, 0.4) is 0 Å². The number of halogens is 2. The van der Waals surface area contributed by atoms with E-state index in [2.05, 4.69) is 10.3 Å². The number of nitrogens with zero attached hydrogens (tertiary/aromatic N) is 1. The molecule has 0 aliphatic carbocycles. The van der Waals surface area contributed by atoms with Crippen LogP contribution >= 0.6 is 11.3 Å². The second kappa shape index (κ2) is 8.59. The van der Waals surface area contributed by atoms with Crippen LogP contribution in [-0.4, -0.2) is 24.1 Å². The zero-order chi connectivity index (χ0) is 19.2. The fourth-order valence-corrected chi connectivity index (χ4v) is 2.96. The normalized spacial score (nSPS) is 10.5. The number of carbonyl (C=O) groups excluding carboxylic acids is 1. The predicted molar refractivity (Wildman–Crippen MR) is 99.2 cm³/mol. The number of hydrogen-bond donors (Lipinski definition) is 1. The number of carbonyl (C=O) groups is 1. The Morgan fingerprint density at radius 2 is 1.78 bits per heavy atom. The molecule has 0 saturated carbocycles. The second-order valence-electron chi connectivity index (χ2n) is 5.41. The molecule has 0 saturated heterocycles. The fourth-order valence-electron chi connectivity index (χ4n) is 2.22. The molecule has 0 aliphatic heterocycles. The fraction of sp³-hybridized carbons (Fsp3) is 0.158. The lowest BCUT2D eigenvalue weighted by atomic mass is 10.2. The maximum absolute atomic E-state index is 13.3. The van der Waals surface area contributed by atoms with Gasteiger partial charge in [0.2, 0.25) is 0 Å². The third kappa shape index (κ3) is 5.01. The number of amides is 1. The third-order valence-corrected chi connectivity index (χ3v) is 4.23. The Hall–Kier alpha value is -3.00. The summed E-state index contributed by atoms with van der Waals surface area (Å²) in [6, 6.07) is 10.5. The molecule has 27 heavy (non-hydrogen) atoms. The van der Waals surface area contributed by atoms with E-state index < -0.39 is 11.6 Å². The average Bonchev–Trinajstić information content (AvgIpc) is 3.12. The Bertz CT molecular complexity index is 929. The standard InChI is InChI=1S/C19H16F2N2O3S/c1-2-25-13-4-6-14(7-5-13)26-10-18(24)23-19-22-17(11-27-19)12-3-8-15(20)16(21)9-12/h3-9,11H,2,10H2,1H3,(H,22,23,24). The van der Waals surface area contributed by atoms with Crippen LogP contribution in [-0.2, 0) is 4.79 Å². The molecule has 0 bridgehead atoms. The number of aromatic nitrogens is 1. The first-order valence-corrected chi connectivity index (χ1v) is 8.99. The molecule has 0 aliphatic rings. The minimum absolute atomic E-state index is 0.186. The van der Waals surface area contributed by atoms with Gasteiger partial charge in [0.25, 0.3) is 5.91 Å². The van der Waals surface area contributed by atoms with Crippen molar-refractivity contribution in [1.82, 2.24) is 4.98 Å². The summed E-state index contributed by atoms with van der Waals surface area (Å²) in [5.41, 5.74) is 0.873. The second-order valence-corrected chi connectivity index (χ2v) is 6.27. The lowest BCUT2D eigenvalue weighted by Crippen LogP contribution is -2.20. The van der Waals surface area contributed by atoms with Gasteiger partial charge in [-0.15, -0.1) is 11.3 Å². The van der Waals surface area contributed by atoms with Gasteiger partial charge in [0.1, 0.15) is 11.5 Å². The lowest BCUT2D eigenvalue weighted by Gasteiger charge is -2.07. The number of rotatable bonds is 7. The van der Waals surface area contributed by atoms with Crippen molar-refractivity contribution in [3.63, 3.8) is 0 Å². The minimum atomic E-state index is -0.949. The summed E-state index contributed by atoms with van der Waals surface area (Å²) in [6.45, 7) is 2.28. The van der Waals surface area contributed by atoms with Gasteiger partial charge < -0.3 is 9.47 Å². The molecule has 3 aromatic rings. The number of hydrogen-bond acceptors (Lipinski definition) is 5. The van der Waals surface area contributed by atoms with E-state index in [9.17, 15) is 13.6 Å². The Kier molecular flexibility index (Phi) is 5.97. The van der Waals surface area contributed by atoms with Gasteiger partial charge in [0.05, 0.1) is 12.3 Å². The molecule has 140 valence electrons. The zero-order valence-corrected chi connectivity index (χ0v) is 15.2. The van der Waals surface area contributed by atoms with Crippen LogP contribution in [0.2, 0.25) is 0 Å². The highest BCUT2D eigenvalue weighted by atomic mass is 32.1. The van der Waals surface area contributed by atoms with Crippen LogP contribution in [0.15, 0.2) is 47.8 Å². The van der Waals surface area contributed by atoms with Crippen molar-refractivity contribution in [2.45, 2.75) is 6.92 Å². The van der Waals surface area contributed by atoms with E-state index in [1.165, 1.54) is 17.4 Å². The Balaban J connectivity index is 1.55. The number of thiazole rings is 1. The molecule has 0 fully saturated rings. The van der Waals surface area contributed by atoms with Gasteiger partial charge in [0.15, 0.2) is 23.4 Å². The number of nitrogens with one attached hydrogen (secondary N) is 1. The molecule has 0 atom stereocenters. The van der Waals surface area contributed by atoms with E-state index in [0.717, 1.165) is 17.9 Å². The van der Waals surface area contributed by atoms with E-state index in [1.54, 1.807) is 29.6 Å². The average molecular weight is 390 g/mol. The number of benzene rings is 2. The smallest absolute Gasteiger partial charge is 0.264 e. The highest BCUT2D eigenvalue weighted by Gasteiger charge is 2.11. The van der Waals surface area contributed by atoms with E-state index in [1.807, 2.05) is 6.92 Å². The van der Waals surface area contributed by atoms with Crippen LogP contribution in [0.5, 0.6) is 11.5 Å². The van der Waals surface area contributed by atoms with Gasteiger partial charge in [-0.3, -0.25) is 10.1 Å². The molecule has 1 heterocycles. The maximum atomic E-state index is 13.3. The van der Waals surface area contributed by atoms with Crippen molar-refractivity contribution in [3.05, 3.63) is 59.5 Å². The van der Waals surface area contributed by atoms with Crippen LogP contribution < -0.4 is 14.8 Å². The van der Waals surface area contributed by atoms with Crippen LogP contribution in [0.25, 0.3) is 11.3 Å². The molecule has 1 N–H and O–H groups in total. The first-order valence-electron chi connectivity index (χ1n) is 8.11. The lowest BCUT2D eigenvalue weighted by molar-refractivity contribution is -0.118. The van der Waals surface area contributed by atoms with Gasteiger partial charge in [0, 0.05) is 10.9 Å². The van der Waals surface area contributed by atoms with Gasteiger partial charge in [-0.2, -0.15) is 0 Å². The maximum Gasteiger partial charge on any atom is 0.264 e. The summed E-state index contributed by atoms with van der Waals surface area (Å²) < 4.78 is 37.1. The summed E-state index contributed by atoms with van der Waals surface area (Å²) in [5.74, 6) is -0.990. The molecular weight excluding hydrogens is 374 g/mol. The van der Waals surface area contributed by atoms with Crippen LogP contribution in [0.4, 0.5) is 13.9 Å². The molecule has 8 heteroatoms. The molecule has 2 aromatic carbocycles. The van der Waals surface area contributed by atoms with E-state index in [-0.39, 0.29) is 12.5 Å². The first kappa shape index (κ1) is 18.8. The van der Waals surface area contributed by atoms with Gasteiger partial charge in [-0.25, -0.2) is 13.8 Å². The third-order valence-electron chi connectivity index (χ3n) is 3.47. The summed E-state index contributed by atoms with van der Waals surface area (Å²) >= 11 is 1.18. The Morgan fingerprint density at radius 3 is 2.44 bits per heavy atom. The molecule has 1 amide bonds. The van der Waals surface area contributed by atoms with Gasteiger partial charge in [-0.1, -0.05) is 0 Å². The molecule has 1 aromatic heterocycles. The highest BCUT2D eigenvalue weighted by molar-refractivity contribution is 7.14. The van der Waals surface area contributed by atoms with Crippen molar-refractivity contribution in [2.75, 3.05) is 18.5 Å². The molecule has 0 spiro atoms. The van der Waals surface area contributed by atoms with Crippen LogP contribution in [0.1, 0.15) is 6.92 Å². The zero-order valence-electron chi connectivity index (χ0n) is 14.4. The minimum Gasteiger partial charge on any atom is -0.494 e. The van der Waals surface area contributed by atoms with Gasteiger partial charge >= 0.3 is 0 Å². The van der Waals surface area contributed by atoms with E-state index in [0.29, 0.717) is 28.7 Å². The van der Waals surface area contributed by atoms with Crippen molar-refractivity contribution in [1.29, 1.82) is 0 Å². The van der Waals surface area contributed by atoms with Crippen molar-refractivity contribution in [2.24, 2.45) is 0 Å². The summed E-state index contributed by atoms with van der Waals surface area (Å²) in [4.78, 5) is 16.2. The SMILES string of the molecule is CCOc1ccc(OCC(=O)Nc2nc(-c3ccc(F)c(F)c3)cs2)cc1. The van der Waals surface area contributed by atoms with Crippen molar-refractivity contribution < 1.29 is 23.0 Å². The predicted octanol–water partition coefficient (Wildman–Crippen LogP) is 4.50. The molecule has 0 radical (unpaired) electrons. The molecule has 5 nitrogen and oxygen atoms in total. The Labute approximate surface area is 158 Å². The van der Waals surface area contributed by atoms with Crippen LogP contribution in [0, 0.1) is 11.6 Å². The molecular formula is C19H16F2N2O3S. The first-order chi connectivity index (χ1) is 13.0. The Morgan fingerprint density at radius 1 is 1.07 bits per heavy atom. The quantitative estimate of drug-likeness (QED) is 0.645. The largest absolute Gasteiger partial charge is 0.494 e. The van der Waals surface area contributed by atoms with E-state index >= 15 is 0 Å². The van der Waals surface area contributed by atoms with E-state index in [4.69, 9.17) is 9.47 Å². The van der Waals surface area contributed by atoms with Crippen molar-refractivity contribution in [3.8, 4) is 22.8 Å². The number of anilines is 1. The molecule has 3 rings (SSSR count).